The molecule has 1 aromatic carbocycles. The molecule has 0 radical (unpaired) electrons. The normalized spacial score (nSPS) is 22.2. The van der Waals surface area contributed by atoms with E-state index in [1.54, 1.807) is 6.07 Å². The van der Waals surface area contributed by atoms with Gasteiger partial charge in [0.25, 0.3) is 5.91 Å². The smallest absolute Gasteiger partial charge is 0.253 e. The van der Waals surface area contributed by atoms with Gasteiger partial charge in [-0.2, -0.15) is 0 Å². The average molecular weight is 368 g/mol. The highest BCUT2D eigenvalue weighted by atomic mass is 35.5. The second-order valence-corrected chi connectivity index (χ2v) is 7.75. The number of carbonyl (C=O) groups is 1. The second kappa shape index (κ2) is 8.02. The summed E-state index contributed by atoms with van der Waals surface area (Å²) in [5.74, 6) is -0.0123. The Morgan fingerprint density at radius 3 is 2.40 bits per heavy atom. The van der Waals surface area contributed by atoms with E-state index < -0.39 is 5.82 Å². The van der Waals surface area contributed by atoms with Crippen LogP contribution in [0.15, 0.2) is 18.2 Å². The molecule has 2 fully saturated rings. The van der Waals surface area contributed by atoms with Crippen molar-refractivity contribution < 1.29 is 9.18 Å². The molecule has 0 unspecified atom stereocenters. The summed E-state index contributed by atoms with van der Waals surface area (Å²) in [5, 5.41) is 0.0521. The molecule has 1 atom stereocenters. The lowest BCUT2D eigenvalue weighted by atomic mass is 9.88. The third-order valence-electron chi connectivity index (χ3n) is 5.79. The number of benzene rings is 1. The van der Waals surface area contributed by atoms with Gasteiger partial charge in [-0.3, -0.25) is 9.69 Å². The zero-order chi connectivity index (χ0) is 18.0. The Morgan fingerprint density at radius 2 is 1.80 bits per heavy atom. The van der Waals surface area contributed by atoms with Gasteiger partial charge in [0.2, 0.25) is 0 Å². The van der Waals surface area contributed by atoms with Crippen molar-refractivity contribution in [3.05, 3.63) is 34.6 Å². The summed E-state index contributed by atoms with van der Waals surface area (Å²) in [5.41, 5.74) is 0.382. The van der Waals surface area contributed by atoms with Crippen LogP contribution in [0.5, 0.6) is 0 Å². The summed E-state index contributed by atoms with van der Waals surface area (Å²) in [6.07, 6.45) is 2.02. The number of carbonyl (C=O) groups excluding carboxylic acids is 1. The molecule has 0 spiro atoms. The monoisotopic (exact) mass is 367 g/mol. The van der Waals surface area contributed by atoms with Gasteiger partial charge in [0, 0.05) is 50.9 Å². The zero-order valence-corrected chi connectivity index (χ0v) is 15.8. The maximum atomic E-state index is 13.6. The van der Waals surface area contributed by atoms with Crippen molar-refractivity contribution >= 4 is 17.5 Å². The lowest BCUT2D eigenvalue weighted by Gasteiger charge is -2.42. The van der Waals surface area contributed by atoms with Gasteiger partial charge < -0.3 is 9.80 Å². The van der Waals surface area contributed by atoms with Crippen LogP contribution in [0.4, 0.5) is 4.39 Å². The van der Waals surface area contributed by atoms with Gasteiger partial charge in [-0.05, 0) is 50.9 Å². The molecular weight excluding hydrogens is 341 g/mol. The predicted octanol–water partition coefficient (Wildman–Crippen LogP) is 2.97. The van der Waals surface area contributed by atoms with Crippen molar-refractivity contribution in [1.82, 2.24) is 14.7 Å². The number of piperidine rings is 1. The molecule has 2 heterocycles. The van der Waals surface area contributed by atoms with Crippen LogP contribution in [0.1, 0.15) is 30.1 Å². The molecule has 2 aliphatic rings. The molecule has 1 aromatic rings. The molecule has 0 N–H and O–H groups in total. The van der Waals surface area contributed by atoms with Crippen LogP contribution in [-0.4, -0.2) is 73.0 Å². The molecule has 138 valence electrons. The minimum atomic E-state index is -0.536. The first-order valence-electron chi connectivity index (χ1n) is 9.12. The highest BCUT2D eigenvalue weighted by Gasteiger charge is 2.30. The number of nitrogens with zero attached hydrogens (tertiary/aromatic N) is 3. The molecule has 3 rings (SSSR count). The van der Waals surface area contributed by atoms with E-state index >= 15 is 0 Å². The predicted molar refractivity (Wildman–Crippen MR) is 98.6 cm³/mol. The van der Waals surface area contributed by atoms with Crippen LogP contribution in [0.2, 0.25) is 5.02 Å². The first-order valence-corrected chi connectivity index (χ1v) is 9.50. The number of hydrogen-bond donors (Lipinski definition) is 0. The molecule has 6 heteroatoms. The van der Waals surface area contributed by atoms with E-state index in [-0.39, 0.29) is 10.9 Å². The summed E-state index contributed by atoms with van der Waals surface area (Å²) in [7, 11) is 2.17. The molecule has 2 aliphatic heterocycles. The number of likely N-dealkylation sites (tertiary alicyclic amines) is 1. The summed E-state index contributed by atoms with van der Waals surface area (Å²) in [6.45, 7) is 8.31. The maximum Gasteiger partial charge on any atom is 0.253 e. The molecule has 0 aromatic heterocycles. The number of rotatable bonds is 3. The first-order chi connectivity index (χ1) is 12.0. The zero-order valence-electron chi connectivity index (χ0n) is 15.0. The van der Waals surface area contributed by atoms with E-state index in [0.29, 0.717) is 17.5 Å². The Labute approximate surface area is 154 Å². The molecule has 0 bridgehead atoms. The molecule has 0 saturated carbocycles. The van der Waals surface area contributed by atoms with Crippen LogP contribution in [-0.2, 0) is 0 Å². The fourth-order valence-electron chi connectivity index (χ4n) is 3.92. The first kappa shape index (κ1) is 18.6. The van der Waals surface area contributed by atoms with Gasteiger partial charge in [0.1, 0.15) is 5.82 Å². The third kappa shape index (κ3) is 4.33. The van der Waals surface area contributed by atoms with Crippen LogP contribution >= 0.6 is 11.6 Å². The minimum Gasteiger partial charge on any atom is -0.339 e. The van der Waals surface area contributed by atoms with Crippen molar-refractivity contribution in [3.63, 3.8) is 0 Å². The van der Waals surface area contributed by atoms with E-state index in [1.165, 1.54) is 12.1 Å². The van der Waals surface area contributed by atoms with E-state index in [4.69, 9.17) is 11.6 Å². The van der Waals surface area contributed by atoms with Gasteiger partial charge >= 0.3 is 0 Å². The molecule has 1 amide bonds. The fraction of sp³-hybridized carbons (Fsp3) is 0.632. The Bertz CT molecular complexity index is 611. The summed E-state index contributed by atoms with van der Waals surface area (Å²) in [4.78, 5) is 19.4. The Balaban J connectivity index is 1.54. The van der Waals surface area contributed by atoms with Gasteiger partial charge in [-0.1, -0.05) is 11.6 Å². The van der Waals surface area contributed by atoms with Crippen molar-refractivity contribution in [1.29, 1.82) is 0 Å². The highest BCUT2D eigenvalue weighted by Crippen LogP contribution is 2.26. The van der Waals surface area contributed by atoms with Gasteiger partial charge in [0.05, 0.1) is 5.02 Å². The maximum absolute atomic E-state index is 13.6. The lowest BCUT2D eigenvalue weighted by molar-refractivity contribution is 0.0500. The van der Waals surface area contributed by atoms with E-state index in [9.17, 15) is 9.18 Å². The summed E-state index contributed by atoms with van der Waals surface area (Å²) >= 11 is 5.70. The second-order valence-electron chi connectivity index (χ2n) is 7.34. The number of hydrogen-bond acceptors (Lipinski definition) is 3. The fourth-order valence-corrected chi connectivity index (χ4v) is 4.04. The van der Waals surface area contributed by atoms with Crippen molar-refractivity contribution in [2.45, 2.75) is 25.8 Å². The van der Waals surface area contributed by atoms with E-state index in [0.717, 1.165) is 52.1 Å². The van der Waals surface area contributed by atoms with E-state index in [2.05, 4.69) is 23.8 Å². The Kier molecular flexibility index (Phi) is 5.97. The highest BCUT2D eigenvalue weighted by molar-refractivity contribution is 6.30. The van der Waals surface area contributed by atoms with Crippen LogP contribution in [0, 0.1) is 11.7 Å². The average Bonchev–Trinajstić information content (AvgIpc) is 2.63. The minimum absolute atomic E-state index is 0.0521. The molecule has 4 nitrogen and oxygen atoms in total. The largest absolute Gasteiger partial charge is 0.339 e. The molecule has 25 heavy (non-hydrogen) atoms. The number of piperazine rings is 1. The van der Waals surface area contributed by atoms with Gasteiger partial charge in [-0.25, -0.2) is 4.39 Å². The van der Waals surface area contributed by atoms with Crippen LogP contribution in [0.25, 0.3) is 0 Å². The summed E-state index contributed by atoms with van der Waals surface area (Å²) < 4.78 is 13.6. The van der Waals surface area contributed by atoms with Gasteiger partial charge in [-0.15, -0.1) is 0 Å². The standard InChI is InChI=1S/C19H27ClFN3O/c1-14(23-11-9-22(2)10-12-23)15-5-7-24(8-6-15)19(25)16-3-4-17(20)18(21)13-16/h3-4,13-15H,5-12H2,1-2H3/t14-/m1/s1. The van der Waals surface area contributed by atoms with Gasteiger partial charge in [0.15, 0.2) is 0 Å². The SMILES string of the molecule is C[C@H](C1CCN(C(=O)c2ccc(Cl)c(F)c2)CC1)N1CCN(C)CC1. The van der Waals surface area contributed by atoms with Crippen molar-refractivity contribution in [2.24, 2.45) is 5.92 Å². The number of halogens is 2. The number of amides is 1. The Hall–Kier alpha value is -1.17. The van der Waals surface area contributed by atoms with Crippen molar-refractivity contribution in [3.8, 4) is 0 Å². The molecule has 2 saturated heterocycles. The third-order valence-corrected chi connectivity index (χ3v) is 6.10. The summed E-state index contributed by atoms with van der Waals surface area (Å²) in [6, 6.07) is 4.85. The van der Waals surface area contributed by atoms with E-state index in [1.807, 2.05) is 4.90 Å². The lowest BCUT2D eigenvalue weighted by Crippen LogP contribution is -2.52. The van der Waals surface area contributed by atoms with Crippen LogP contribution in [0.3, 0.4) is 0 Å². The molecule has 0 aliphatic carbocycles. The topological polar surface area (TPSA) is 26.8 Å². The molecular formula is C19H27ClFN3O. The quantitative estimate of drug-likeness (QED) is 0.821. The Morgan fingerprint density at radius 1 is 1.16 bits per heavy atom. The van der Waals surface area contributed by atoms with Crippen molar-refractivity contribution in [2.75, 3.05) is 46.3 Å². The number of likely N-dealkylation sites (N-methyl/N-ethyl adjacent to an activating group) is 1. The van der Waals surface area contributed by atoms with Crippen LogP contribution < -0.4 is 0 Å².